The van der Waals surface area contributed by atoms with E-state index in [1.54, 1.807) is 10.4 Å². The van der Waals surface area contributed by atoms with Gasteiger partial charge >= 0.3 is 0 Å². The van der Waals surface area contributed by atoms with Crippen LogP contribution in [0.1, 0.15) is 33.3 Å². The van der Waals surface area contributed by atoms with Crippen molar-refractivity contribution in [2.45, 2.75) is 38.8 Å². The van der Waals surface area contributed by atoms with Crippen molar-refractivity contribution in [1.29, 1.82) is 0 Å². The predicted molar refractivity (Wildman–Crippen MR) is 85.2 cm³/mol. The molecule has 1 aromatic heterocycles. The molecule has 0 N–H and O–H groups in total. The molecule has 0 amide bonds. The second kappa shape index (κ2) is 6.70. The van der Waals surface area contributed by atoms with Crippen molar-refractivity contribution in [3.63, 3.8) is 0 Å². The first-order valence-electron chi connectivity index (χ1n) is 6.40. The molecule has 110 valence electrons. The number of hydrogen-bond acceptors (Lipinski definition) is 3. The van der Waals surface area contributed by atoms with E-state index in [9.17, 15) is 8.42 Å². The van der Waals surface area contributed by atoms with Gasteiger partial charge in [0.2, 0.25) is 0 Å². The van der Waals surface area contributed by atoms with Crippen molar-refractivity contribution in [2.75, 3.05) is 13.1 Å². The summed E-state index contributed by atoms with van der Waals surface area (Å²) in [6, 6.07) is 1.75. The van der Waals surface area contributed by atoms with Gasteiger partial charge in [0, 0.05) is 13.1 Å². The molecule has 0 unspecified atom stereocenters. The minimum atomic E-state index is -3.37. The highest BCUT2D eigenvalue weighted by atomic mass is 79.9. The van der Waals surface area contributed by atoms with Gasteiger partial charge in [-0.25, -0.2) is 8.42 Å². The molecule has 1 aromatic rings. The average molecular weight is 368 g/mol. The number of sulfonamides is 1. The molecule has 1 rings (SSSR count). The van der Waals surface area contributed by atoms with Gasteiger partial charge in [-0.2, -0.15) is 4.31 Å². The number of thiophene rings is 1. The number of aryl methyl sites for hydroxylation is 1. The van der Waals surface area contributed by atoms with Crippen LogP contribution in [0, 0.1) is 18.8 Å². The summed E-state index contributed by atoms with van der Waals surface area (Å²) in [6.45, 7) is 11.2. The molecule has 0 radical (unpaired) electrons. The summed E-state index contributed by atoms with van der Waals surface area (Å²) in [5, 5.41) is 0. The molecular weight excluding hydrogens is 346 g/mol. The molecule has 0 atom stereocenters. The Hall–Kier alpha value is 0.0900. The SMILES string of the molecule is Cc1cc(S(=O)(=O)N(CC(C)C)CC(C)C)sc1Br. The molecule has 0 aliphatic heterocycles. The van der Waals surface area contributed by atoms with Crippen molar-refractivity contribution in [3.8, 4) is 0 Å². The fraction of sp³-hybridized carbons (Fsp3) is 0.692. The van der Waals surface area contributed by atoms with E-state index >= 15 is 0 Å². The van der Waals surface area contributed by atoms with E-state index in [1.165, 1.54) is 11.3 Å². The van der Waals surface area contributed by atoms with Gasteiger partial charge in [0.15, 0.2) is 0 Å². The quantitative estimate of drug-likeness (QED) is 0.757. The fourth-order valence-electron chi connectivity index (χ4n) is 1.77. The Balaban J connectivity index is 3.11. The van der Waals surface area contributed by atoms with Crippen LogP contribution in [-0.4, -0.2) is 25.8 Å². The van der Waals surface area contributed by atoms with Gasteiger partial charge in [0.05, 0.1) is 3.79 Å². The van der Waals surface area contributed by atoms with Crippen LogP contribution in [0.15, 0.2) is 14.1 Å². The molecule has 0 fully saturated rings. The van der Waals surface area contributed by atoms with Gasteiger partial charge in [0.1, 0.15) is 4.21 Å². The third kappa shape index (κ3) is 4.55. The molecule has 0 saturated heterocycles. The van der Waals surface area contributed by atoms with Gasteiger partial charge in [0.25, 0.3) is 10.0 Å². The molecule has 0 aliphatic carbocycles. The largest absolute Gasteiger partial charge is 0.252 e. The second-order valence-corrected chi connectivity index (χ2v) is 10.2. The summed E-state index contributed by atoms with van der Waals surface area (Å²) >= 11 is 4.69. The van der Waals surface area contributed by atoms with Gasteiger partial charge in [-0.1, -0.05) is 27.7 Å². The van der Waals surface area contributed by atoms with Gasteiger partial charge < -0.3 is 0 Å². The first-order chi connectivity index (χ1) is 8.64. The lowest BCUT2D eigenvalue weighted by atomic mass is 10.2. The van der Waals surface area contributed by atoms with E-state index in [4.69, 9.17) is 0 Å². The van der Waals surface area contributed by atoms with Gasteiger partial charge in [-0.15, -0.1) is 11.3 Å². The molecule has 0 spiro atoms. The van der Waals surface area contributed by atoms with Crippen LogP contribution in [0.2, 0.25) is 0 Å². The Morgan fingerprint density at radius 1 is 1.21 bits per heavy atom. The molecule has 19 heavy (non-hydrogen) atoms. The summed E-state index contributed by atoms with van der Waals surface area (Å²) in [4.78, 5) is 0. The van der Waals surface area contributed by atoms with Gasteiger partial charge in [-0.3, -0.25) is 0 Å². The third-order valence-corrected chi connectivity index (χ3v) is 6.98. The number of nitrogens with zero attached hydrogens (tertiary/aromatic N) is 1. The summed E-state index contributed by atoms with van der Waals surface area (Å²) in [5.41, 5.74) is 0.970. The highest BCUT2D eigenvalue weighted by Gasteiger charge is 2.27. The second-order valence-electron chi connectivity index (χ2n) is 5.63. The molecule has 0 aliphatic rings. The Morgan fingerprint density at radius 2 is 1.68 bits per heavy atom. The molecule has 0 saturated carbocycles. The van der Waals surface area contributed by atoms with Crippen LogP contribution < -0.4 is 0 Å². The Bertz CT molecular complexity index is 491. The van der Waals surface area contributed by atoms with Crippen LogP contribution in [0.25, 0.3) is 0 Å². The highest BCUT2D eigenvalue weighted by molar-refractivity contribution is 9.11. The van der Waals surface area contributed by atoms with Crippen LogP contribution in [-0.2, 0) is 10.0 Å². The zero-order chi connectivity index (χ0) is 14.8. The molecule has 1 heterocycles. The first kappa shape index (κ1) is 17.1. The molecular formula is C13H22BrNO2S2. The minimum absolute atomic E-state index is 0.318. The van der Waals surface area contributed by atoms with Gasteiger partial charge in [-0.05, 0) is 46.3 Å². The topological polar surface area (TPSA) is 37.4 Å². The zero-order valence-corrected chi connectivity index (χ0v) is 15.3. The van der Waals surface area contributed by atoms with Crippen molar-refractivity contribution in [3.05, 3.63) is 15.4 Å². The molecule has 0 bridgehead atoms. The van der Waals surface area contributed by atoms with Crippen molar-refractivity contribution in [1.82, 2.24) is 4.31 Å². The monoisotopic (exact) mass is 367 g/mol. The van der Waals surface area contributed by atoms with Crippen LogP contribution in [0.4, 0.5) is 0 Å². The fourth-order valence-corrected chi connectivity index (χ4v) is 5.92. The highest BCUT2D eigenvalue weighted by Crippen LogP contribution is 2.32. The van der Waals surface area contributed by atoms with Crippen LogP contribution in [0.5, 0.6) is 0 Å². The van der Waals surface area contributed by atoms with Crippen molar-refractivity contribution in [2.24, 2.45) is 11.8 Å². The van der Waals surface area contributed by atoms with E-state index in [1.807, 2.05) is 34.6 Å². The lowest BCUT2D eigenvalue weighted by Crippen LogP contribution is -2.36. The number of rotatable bonds is 6. The Morgan fingerprint density at radius 3 is 2.00 bits per heavy atom. The average Bonchev–Trinajstić information content (AvgIpc) is 2.57. The van der Waals surface area contributed by atoms with Crippen molar-refractivity contribution >= 4 is 37.3 Å². The lowest BCUT2D eigenvalue weighted by Gasteiger charge is -2.24. The standard InChI is InChI=1S/C13H22BrNO2S2/c1-9(2)7-15(8-10(3)4)19(16,17)12-6-11(5)13(14)18-12/h6,9-10H,7-8H2,1-5H3. The van der Waals surface area contributed by atoms with E-state index in [2.05, 4.69) is 15.9 Å². The van der Waals surface area contributed by atoms with Crippen LogP contribution >= 0.6 is 27.3 Å². The summed E-state index contributed by atoms with van der Waals surface area (Å²) in [5.74, 6) is 0.635. The Kier molecular flexibility index (Phi) is 6.04. The molecule has 3 nitrogen and oxygen atoms in total. The normalized spacial score (nSPS) is 12.9. The summed E-state index contributed by atoms with van der Waals surface area (Å²) < 4.78 is 28.3. The Labute approximate surface area is 129 Å². The maximum atomic E-state index is 12.7. The zero-order valence-electron chi connectivity index (χ0n) is 12.1. The lowest BCUT2D eigenvalue weighted by molar-refractivity contribution is 0.334. The maximum absolute atomic E-state index is 12.7. The van der Waals surface area contributed by atoms with E-state index in [0.717, 1.165) is 9.35 Å². The number of halogens is 1. The minimum Gasteiger partial charge on any atom is -0.206 e. The predicted octanol–water partition coefficient (Wildman–Crippen LogP) is 4.12. The van der Waals surface area contributed by atoms with Crippen LogP contribution in [0.3, 0.4) is 0 Å². The maximum Gasteiger partial charge on any atom is 0.252 e. The molecule has 6 heteroatoms. The van der Waals surface area contributed by atoms with E-state index < -0.39 is 10.0 Å². The first-order valence-corrected chi connectivity index (χ1v) is 9.45. The van der Waals surface area contributed by atoms with E-state index in [0.29, 0.717) is 29.1 Å². The summed E-state index contributed by atoms with van der Waals surface area (Å²) in [6.07, 6.45) is 0. The third-order valence-electron chi connectivity index (χ3n) is 2.57. The molecule has 0 aromatic carbocycles. The smallest absolute Gasteiger partial charge is 0.206 e. The van der Waals surface area contributed by atoms with Crippen molar-refractivity contribution < 1.29 is 8.42 Å². The van der Waals surface area contributed by atoms with E-state index in [-0.39, 0.29) is 0 Å². The summed E-state index contributed by atoms with van der Waals surface area (Å²) in [7, 11) is -3.37. The number of hydrogen-bond donors (Lipinski definition) is 0.